The van der Waals surface area contributed by atoms with Crippen LogP contribution in [0.5, 0.6) is 0 Å². The molecule has 0 aromatic carbocycles. The largest absolute Gasteiger partial charge is 0.346 e. The highest BCUT2D eigenvalue weighted by atomic mass is 32.1. The molecule has 5 heterocycles. The zero-order chi connectivity index (χ0) is 22.9. The van der Waals surface area contributed by atoms with Crippen molar-refractivity contribution in [3.8, 4) is 16.3 Å². The summed E-state index contributed by atoms with van der Waals surface area (Å²) in [6.07, 6.45) is 9.47. The first-order valence-corrected chi connectivity index (χ1v) is 11.4. The summed E-state index contributed by atoms with van der Waals surface area (Å²) in [6.45, 7) is 6.26. The number of carbonyl (C=O) groups is 1. The highest BCUT2D eigenvalue weighted by Crippen LogP contribution is 2.30. The van der Waals surface area contributed by atoms with E-state index in [0.717, 1.165) is 28.4 Å². The Balaban J connectivity index is 1.59. The number of hydrogen-bond acceptors (Lipinski definition) is 7. The molecule has 0 aliphatic heterocycles. The van der Waals surface area contributed by atoms with E-state index in [0.29, 0.717) is 22.6 Å². The van der Waals surface area contributed by atoms with Crippen molar-refractivity contribution < 1.29 is 4.79 Å². The van der Waals surface area contributed by atoms with Crippen molar-refractivity contribution in [1.82, 2.24) is 39.7 Å². The highest BCUT2D eigenvalue weighted by molar-refractivity contribution is 7.15. The van der Waals surface area contributed by atoms with E-state index < -0.39 is 0 Å². The lowest BCUT2D eigenvalue weighted by Crippen LogP contribution is -2.24. The Kier molecular flexibility index (Phi) is 5.43. The molecular formula is C23H22N8OS. The first-order valence-electron chi connectivity index (χ1n) is 10.6. The van der Waals surface area contributed by atoms with Gasteiger partial charge >= 0.3 is 0 Å². The van der Waals surface area contributed by atoms with Crippen molar-refractivity contribution in [3.05, 3.63) is 76.7 Å². The number of nitrogens with one attached hydrogen (secondary N) is 1. The van der Waals surface area contributed by atoms with Crippen LogP contribution in [0.3, 0.4) is 0 Å². The molecule has 0 unspecified atom stereocenters. The number of imidazole rings is 1. The normalized spacial score (nSPS) is 11.2. The molecule has 10 heteroatoms. The van der Waals surface area contributed by atoms with Crippen LogP contribution in [0.1, 0.15) is 39.2 Å². The van der Waals surface area contributed by atoms with Gasteiger partial charge in [-0.3, -0.25) is 19.2 Å². The zero-order valence-electron chi connectivity index (χ0n) is 18.5. The molecule has 0 saturated heterocycles. The molecule has 1 amide bonds. The molecule has 1 N–H and O–H groups in total. The van der Waals surface area contributed by atoms with Gasteiger partial charge in [0.25, 0.3) is 5.91 Å². The van der Waals surface area contributed by atoms with E-state index in [4.69, 9.17) is 0 Å². The molecule has 0 spiro atoms. The lowest BCUT2D eigenvalue weighted by molar-refractivity contribution is 0.0950. The Labute approximate surface area is 194 Å². The number of thiophene rings is 1. The van der Waals surface area contributed by atoms with E-state index in [1.54, 1.807) is 40.7 Å². The van der Waals surface area contributed by atoms with Gasteiger partial charge in [0.1, 0.15) is 5.69 Å². The van der Waals surface area contributed by atoms with Crippen LogP contribution in [0.2, 0.25) is 0 Å². The minimum atomic E-state index is -0.222. The SMILES string of the molecule is CCc1cnnn1-c1cc(C(=O)NCc2cnc(C)cn2)cn2c(-c3ccc(C)s3)cnc12. The smallest absolute Gasteiger partial charge is 0.253 e. The second kappa shape index (κ2) is 8.55. The maximum Gasteiger partial charge on any atom is 0.253 e. The molecule has 9 nitrogen and oxygen atoms in total. The van der Waals surface area contributed by atoms with Crippen molar-refractivity contribution in [2.24, 2.45) is 0 Å². The van der Waals surface area contributed by atoms with Gasteiger partial charge in [-0.15, -0.1) is 16.4 Å². The quantitative estimate of drug-likeness (QED) is 0.417. The number of aromatic nitrogens is 7. The van der Waals surface area contributed by atoms with Gasteiger partial charge in [-0.05, 0) is 38.5 Å². The van der Waals surface area contributed by atoms with Crippen LogP contribution < -0.4 is 5.32 Å². The molecule has 0 saturated carbocycles. The number of amides is 1. The average molecular weight is 459 g/mol. The maximum absolute atomic E-state index is 13.1. The summed E-state index contributed by atoms with van der Waals surface area (Å²) in [5.41, 5.74) is 5.27. The molecule has 0 atom stereocenters. The first-order chi connectivity index (χ1) is 16.0. The van der Waals surface area contributed by atoms with E-state index in [1.807, 2.05) is 30.6 Å². The molecule has 33 heavy (non-hydrogen) atoms. The second-order valence-electron chi connectivity index (χ2n) is 7.68. The van der Waals surface area contributed by atoms with Crippen molar-refractivity contribution in [1.29, 1.82) is 0 Å². The maximum atomic E-state index is 13.1. The van der Waals surface area contributed by atoms with Crippen LogP contribution in [-0.4, -0.2) is 40.3 Å². The summed E-state index contributed by atoms with van der Waals surface area (Å²) >= 11 is 1.68. The molecule has 0 aliphatic rings. The number of hydrogen-bond donors (Lipinski definition) is 1. The summed E-state index contributed by atoms with van der Waals surface area (Å²) < 4.78 is 3.69. The third-order valence-electron chi connectivity index (χ3n) is 5.32. The molecule has 0 aliphatic carbocycles. The number of rotatable bonds is 6. The van der Waals surface area contributed by atoms with Crippen LogP contribution in [0.15, 0.2) is 49.2 Å². The van der Waals surface area contributed by atoms with Gasteiger partial charge in [-0.25, -0.2) is 9.67 Å². The predicted octanol–water partition coefficient (Wildman–Crippen LogP) is 3.54. The minimum Gasteiger partial charge on any atom is -0.346 e. The van der Waals surface area contributed by atoms with E-state index in [-0.39, 0.29) is 12.5 Å². The molecule has 0 radical (unpaired) electrons. The van der Waals surface area contributed by atoms with Crippen LogP contribution in [0.25, 0.3) is 21.9 Å². The van der Waals surface area contributed by atoms with E-state index in [9.17, 15) is 4.79 Å². The van der Waals surface area contributed by atoms with Crippen LogP contribution >= 0.6 is 11.3 Å². The Bertz CT molecular complexity index is 1450. The van der Waals surface area contributed by atoms with Crippen LogP contribution in [0, 0.1) is 13.8 Å². The van der Waals surface area contributed by atoms with Gasteiger partial charge in [0.2, 0.25) is 0 Å². The van der Waals surface area contributed by atoms with E-state index >= 15 is 0 Å². The third kappa shape index (κ3) is 4.00. The monoisotopic (exact) mass is 458 g/mol. The predicted molar refractivity (Wildman–Crippen MR) is 125 cm³/mol. The number of nitrogens with zero attached hydrogens (tertiary/aromatic N) is 7. The van der Waals surface area contributed by atoms with Crippen molar-refractivity contribution in [2.75, 3.05) is 0 Å². The molecule has 0 fully saturated rings. The Morgan fingerprint density at radius 2 is 1.97 bits per heavy atom. The molecule has 5 aromatic rings. The Hall–Kier alpha value is -3.92. The van der Waals surface area contributed by atoms with Gasteiger partial charge in [0.15, 0.2) is 5.65 Å². The fraction of sp³-hybridized carbons (Fsp3) is 0.217. The standard InChI is InChI=1S/C23H22N8OS/c1-4-18-11-28-29-31(18)19-7-16(23(32)27-10-17-9-24-14(2)8-25-17)13-30-20(12-26-22(19)30)21-6-5-15(3)33-21/h5-9,11-13H,4,10H2,1-3H3,(H,27,32). The second-order valence-corrected chi connectivity index (χ2v) is 8.97. The lowest BCUT2D eigenvalue weighted by Gasteiger charge is -2.11. The topological polar surface area (TPSA) is 103 Å². The fourth-order valence-electron chi connectivity index (χ4n) is 3.59. The molecule has 5 rings (SSSR count). The van der Waals surface area contributed by atoms with Gasteiger partial charge < -0.3 is 5.32 Å². The Morgan fingerprint density at radius 1 is 1.09 bits per heavy atom. The van der Waals surface area contributed by atoms with E-state index in [1.165, 1.54) is 4.88 Å². The fourth-order valence-corrected chi connectivity index (χ4v) is 4.46. The minimum absolute atomic E-state index is 0.222. The van der Waals surface area contributed by atoms with Crippen molar-refractivity contribution in [3.63, 3.8) is 0 Å². The third-order valence-corrected chi connectivity index (χ3v) is 6.34. The lowest BCUT2D eigenvalue weighted by atomic mass is 10.2. The van der Waals surface area contributed by atoms with Gasteiger partial charge in [0, 0.05) is 17.3 Å². The molecule has 166 valence electrons. The molecular weight excluding hydrogens is 436 g/mol. The number of carbonyl (C=O) groups excluding carboxylic acids is 1. The molecule has 5 aromatic heterocycles. The van der Waals surface area contributed by atoms with Crippen molar-refractivity contribution in [2.45, 2.75) is 33.7 Å². The average Bonchev–Trinajstić information content (AvgIpc) is 3.56. The number of fused-ring (bicyclic) bond motifs is 1. The first kappa shape index (κ1) is 21.0. The molecule has 0 bridgehead atoms. The summed E-state index contributed by atoms with van der Waals surface area (Å²) in [6, 6.07) is 5.95. The summed E-state index contributed by atoms with van der Waals surface area (Å²) in [5, 5.41) is 11.3. The van der Waals surface area contributed by atoms with Crippen LogP contribution in [-0.2, 0) is 13.0 Å². The highest BCUT2D eigenvalue weighted by Gasteiger charge is 2.19. The van der Waals surface area contributed by atoms with E-state index in [2.05, 4.69) is 49.6 Å². The van der Waals surface area contributed by atoms with Gasteiger partial charge in [-0.1, -0.05) is 12.1 Å². The zero-order valence-corrected chi connectivity index (χ0v) is 19.3. The van der Waals surface area contributed by atoms with Gasteiger partial charge in [0.05, 0.1) is 58.4 Å². The summed E-state index contributed by atoms with van der Waals surface area (Å²) in [5.74, 6) is -0.222. The summed E-state index contributed by atoms with van der Waals surface area (Å²) in [4.78, 5) is 28.6. The number of pyridine rings is 1. The summed E-state index contributed by atoms with van der Waals surface area (Å²) in [7, 11) is 0. The number of aryl methyl sites for hydroxylation is 3. The van der Waals surface area contributed by atoms with Gasteiger partial charge in [-0.2, -0.15) is 0 Å². The Morgan fingerprint density at radius 3 is 2.70 bits per heavy atom. The van der Waals surface area contributed by atoms with Crippen LogP contribution in [0.4, 0.5) is 0 Å². The van der Waals surface area contributed by atoms with Crippen molar-refractivity contribution >= 4 is 22.9 Å².